The molecule has 10 heteroatoms. The van der Waals surface area contributed by atoms with E-state index in [1.54, 1.807) is 0 Å². The zero-order chi connectivity index (χ0) is 13.3. The third kappa shape index (κ3) is 2.37. The predicted octanol–water partition coefficient (Wildman–Crippen LogP) is -0.268. The Labute approximate surface area is 102 Å². The molecule has 0 radical (unpaired) electrons. The number of sulfonamides is 1. The zero-order valence-corrected chi connectivity index (χ0v) is 10.0. The van der Waals surface area contributed by atoms with Gasteiger partial charge in [-0.1, -0.05) is 5.10 Å². The zero-order valence-electron chi connectivity index (χ0n) is 9.20. The van der Waals surface area contributed by atoms with E-state index in [1.807, 2.05) is 4.72 Å². The Morgan fingerprint density at radius 1 is 1.44 bits per heavy atom. The van der Waals surface area contributed by atoms with Gasteiger partial charge in [-0.05, 0) is 23.4 Å². The molecule has 0 saturated heterocycles. The summed E-state index contributed by atoms with van der Waals surface area (Å²) < 4.78 is 39.2. The van der Waals surface area contributed by atoms with Crippen LogP contribution in [-0.2, 0) is 17.1 Å². The van der Waals surface area contributed by atoms with Crippen LogP contribution in [0, 0.1) is 5.82 Å². The van der Waals surface area contributed by atoms with Crippen molar-refractivity contribution >= 4 is 21.7 Å². The number of aromatic nitrogens is 4. The first-order valence-corrected chi connectivity index (χ1v) is 6.18. The Morgan fingerprint density at radius 3 is 2.72 bits per heavy atom. The van der Waals surface area contributed by atoms with Crippen LogP contribution in [0.2, 0.25) is 0 Å². The summed E-state index contributed by atoms with van der Waals surface area (Å²) in [4.78, 5) is 0.529. The van der Waals surface area contributed by atoms with E-state index in [1.165, 1.54) is 13.1 Å². The van der Waals surface area contributed by atoms with Crippen molar-refractivity contribution in [3.63, 3.8) is 0 Å². The molecule has 0 bridgehead atoms. The lowest BCUT2D eigenvalue weighted by Crippen LogP contribution is -2.16. The number of nitrogens with one attached hydrogen (secondary N) is 1. The number of halogens is 1. The molecule has 1 aromatic carbocycles. The van der Waals surface area contributed by atoms with Gasteiger partial charge in [-0.3, -0.25) is 0 Å². The van der Waals surface area contributed by atoms with Gasteiger partial charge in [-0.2, -0.15) is 4.80 Å². The first-order valence-electron chi connectivity index (χ1n) is 4.70. The molecule has 1 heterocycles. The highest BCUT2D eigenvalue weighted by molar-refractivity contribution is 7.92. The van der Waals surface area contributed by atoms with E-state index in [2.05, 4.69) is 15.4 Å². The first kappa shape index (κ1) is 12.2. The van der Waals surface area contributed by atoms with Crippen molar-refractivity contribution in [2.75, 3.05) is 10.5 Å². The number of nitrogens with zero attached hydrogens (tertiary/aromatic N) is 4. The molecule has 0 spiro atoms. The summed E-state index contributed by atoms with van der Waals surface area (Å²) in [7, 11) is -2.64. The van der Waals surface area contributed by atoms with Gasteiger partial charge in [0.25, 0.3) is 16.0 Å². The van der Waals surface area contributed by atoms with Crippen LogP contribution < -0.4 is 10.5 Å². The molecule has 0 aliphatic heterocycles. The minimum Gasteiger partial charge on any atom is -0.399 e. The standard InChI is InChI=1S/C8H9FN6O2S/c1-15-12-8(11-14-15)13-18(16,17)7-3-2-5(10)4-6(7)9/h2-4H,10H2,1H3,(H,12,13). The summed E-state index contributed by atoms with van der Waals surface area (Å²) in [5.41, 5.74) is 5.46. The van der Waals surface area contributed by atoms with Gasteiger partial charge in [-0.25, -0.2) is 17.5 Å². The smallest absolute Gasteiger partial charge is 0.277 e. The second-order valence-corrected chi connectivity index (χ2v) is 5.05. The molecular weight excluding hydrogens is 263 g/mol. The number of nitrogens with two attached hydrogens (primary N) is 1. The summed E-state index contributed by atoms with van der Waals surface area (Å²) in [6.45, 7) is 0. The summed E-state index contributed by atoms with van der Waals surface area (Å²) in [5.74, 6) is -1.19. The number of anilines is 2. The largest absolute Gasteiger partial charge is 0.399 e. The Morgan fingerprint density at radius 2 is 2.17 bits per heavy atom. The van der Waals surface area contributed by atoms with Crippen molar-refractivity contribution in [2.24, 2.45) is 7.05 Å². The molecule has 0 atom stereocenters. The van der Waals surface area contributed by atoms with Gasteiger partial charge < -0.3 is 5.73 Å². The highest BCUT2D eigenvalue weighted by Gasteiger charge is 2.21. The molecule has 0 fully saturated rings. The maximum absolute atomic E-state index is 13.5. The predicted molar refractivity (Wildman–Crippen MR) is 60.4 cm³/mol. The second-order valence-electron chi connectivity index (χ2n) is 3.40. The molecule has 3 N–H and O–H groups in total. The van der Waals surface area contributed by atoms with Crippen molar-refractivity contribution < 1.29 is 12.8 Å². The molecule has 0 amide bonds. The van der Waals surface area contributed by atoms with Gasteiger partial charge in [-0.15, -0.1) is 5.10 Å². The van der Waals surface area contributed by atoms with E-state index in [0.717, 1.165) is 16.9 Å². The van der Waals surface area contributed by atoms with Crippen LogP contribution in [0.5, 0.6) is 0 Å². The van der Waals surface area contributed by atoms with Gasteiger partial charge in [0.1, 0.15) is 10.7 Å². The maximum atomic E-state index is 13.5. The third-order valence-corrected chi connectivity index (χ3v) is 3.34. The Kier molecular flexibility index (Phi) is 2.87. The minimum absolute atomic E-state index is 0.129. The van der Waals surface area contributed by atoms with Crippen LogP contribution in [0.4, 0.5) is 16.0 Å². The molecule has 2 rings (SSSR count). The highest BCUT2D eigenvalue weighted by atomic mass is 32.2. The van der Waals surface area contributed by atoms with Crippen LogP contribution in [0.1, 0.15) is 0 Å². The van der Waals surface area contributed by atoms with Gasteiger partial charge in [0.2, 0.25) is 0 Å². The molecule has 0 unspecified atom stereocenters. The molecule has 1 aromatic heterocycles. The first-order chi connectivity index (χ1) is 8.38. The maximum Gasteiger partial charge on any atom is 0.277 e. The van der Waals surface area contributed by atoms with Crippen molar-refractivity contribution in [3.8, 4) is 0 Å². The normalized spacial score (nSPS) is 11.4. The number of rotatable bonds is 3. The number of benzene rings is 1. The van der Waals surface area contributed by atoms with E-state index < -0.39 is 20.7 Å². The topological polar surface area (TPSA) is 116 Å². The second kappa shape index (κ2) is 4.22. The van der Waals surface area contributed by atoms with Crippen molar-refractivity contribution in [1.29, 1.82) is 0 Å². The van der Waals surface area contributed by atoms with Crippen LogP contribution in [0.15, 0.2) is 23.1 Å². The molecule has 18 heavy (non-hydrogen) atoms. The lowest BCUT2D eigenvalue weighted by atomic mass is 10.3. The van der Waals surface area contributed by atoms with Crippen molar-refractivity contribution in [1.82, 2.24) is 20.2 Å². The highest BCUT2D eigenvalue weighted by Crippen LogP contribution is 2.18. The summed E-state index contributed by atoms with van der Waals surface area (Å²) in [5, 5.41) is 10.5. The van der Waals surface area contributed by atoms with E-state index in [-0.39, 0.29) is 11.6 Å². The van der Waals surface area contributed by atoms with E-state index in [9.17, 15) is 12.8 Å². The van der Waals surface area contributed by atoms with Gasteiger partial charge >= 0.3 is 0 Å². The van der Waals surface area contributed by atoms with E-state index in [4.69, 9.17) is 5.73 Å². The number of nitrogen functional groups attached to an aromatic ring is 1. The summed E-state index contributed by atoms with van der Waals surface area (Å²) >= 11 is 0. The fourth-order valence-electron chi connectivity index (χ4n) is 1.24. The van der Waals surface area contributed by atoms with Crippen LogP contribution in [0.3, 0.4) is 0 Å². The molecule has 8 nitrogen and oxygen atoms in total. The van der Waals surface area contributed by atoms with E-state index >= 15 is 0 Å². The third-order valence-electron chi connectivity index (χ3n) is 1.98. The fraction of sp³-hybridized carbons (Fsp3) is 0.125. The summed E-state index contributed by atoms with van der Waals surface area (Å²) in [6.07, 6.45) is 0. The quantitative estimate of drug-likeness (QED) is 0.743. The Bertz CT molecular complexity index is 683. The monoisotopic (exact) mass is 272 g/mol. The Balaban J connectivity index is 2.36. The Hall–Kier alpha value is -2.23. The van der Waals surface area contributed by atoms with Crippen LogP contribution in [-0.4, -0.2) is 28.6 Å². The molecule has 0 saturated carbocycles. The van der Waals surface area contributed by atoms with E-state index in [0.29, 0.717) is 0 Å². The molecule has 0 aliphatic carbocycles. The number of aryl methyl sites for hydroxylation is 1. The van der Waals surface area contributed by atoms with Crippen molar-refractivity contribution in [2.45, 2.75) is 4.90 Å². The number of tetrazole rings is 1. The average Bonchev–Trinajstić information content (AvgIpc) is 2.62. The minimum atomic E-state index is -4.11. The van der Waals surface area contributed by atoms with Gasteiger partial charge in [0.05, 0.1) is 7.05 Å². The summed E-state index contributed by atoms with van der Waals surface area (Å²) in [6, 6.07) is 3.25. The van der Waals surface area contributed by atoms with Crippen molar-refractivity contribution in [3.05, 3.63) is 24.0 Å². The number of hydrogen-bond donors (Lipinski definition) is 2. The molecule has 96 valence electrons. The van der Waals surface area contributed by atoms with Crippen LogP contribution in [0.25, 0.3) is 0 Å². The molecule has 2 aromatic rings. The lowest BCUT2D eigenvalue weighted by Gasteiger charge is -2.05. The van der Waals surface area contributed by atoms with Crippen LogP contribution >= 0.6 is 0 Å². The molecular formula is C8H9FN6O2S. The SMILES string of the molecule is Cn1nnc(NS(=O)(=O)c2ccc(N)cc2F)n1. The average molecular weight is 272 g/mol. The molecule has 0 aliphatic rings. The van der Waals surface area contributed by atoms with Gasteiger partial charge in [0, 0.05) is 5.69 Å². The van der Waals surface area contributed by atoms with Gasteiger partial charge in [0.15, 0.2) is 0 Å². The number of hydrogen-bond acceptors (Lipinski definition) is 6. The lowest BCUT2D eigenvalue weighted by molar-refractivity contribution is 0.570. The fourth-order valence-corrected chi connectivity index (χ4v) is 2.23.